The van der Waals surface area contributed by atoms with Crippen molar-refractivity contribution in [1.29, 1.82) is 0 Å². The first kappa shape index (κ1) is 9.36. The molecule has 1 aromatic heterocycles. The van der Waals surface area contributed by atoms with E-state index in [1.165, 1.54) is 11.4 Å². The van der Waals surface area contributed by atoms with Gasteiger partial charge in [-0.15, -0.1) is 0 Å². The van der Waals surface area contributed by atoms with E-state index in [4.69, 9.17) is 5.73 Å². The van der Waals surface area contributed by atoms with E-state index in [9.17, 15) is 0 Å². The first-order valence-electron chi connectivity index (χ1n) is 5.83. The van der Waals surface area contributed by atoms with Gasteiger partial charge >= 0.3 is 0 Å². The normalized spacial score (nSPS) is 35.4. The smallest absolute Gasteiger partial charge is 0.0926 e. The maximum absolute atomic E-state index is 5.96. The minimum absolute atomic E-state index is 0.128. The number of nitrogens with two attached hydrogens (primary N) is 1. The Morgan fingerprint density at radius 3 is 3.00 bits per heavy atom. The highest BCUT2D eigenvalue weighted by atomic mass is 15.1. The Kier molecular flexibility index (Phi) is 2.07. The Labute approximate surface area is 89.7 Å². The van der Waals surface area contributed by atoms with Gasteiger partial charge in [0.05, 0.1) is 17.6 Å². The highest BCUT2D eigenvalue weighted by Crippen LogP contribution is 2.38. The number of hydrogen-bond donors (Lipinski definition) is 3. The zero-order chi connectivity index (χ0) is 10.3. The predicted octanol–water partition coefficient (Wildman–Crippen LogP) is 0.652. The van der Waals surface area contributed by atoms with Gasteiger partial charge in [-0.1, -0.05) is 0 Å². The van der Waals surface area contributed by atoms with Gasteiger partial charge in [-0.2, -0.15) is 0 Å². The van der Waals surface area contributed by atoms with Crippen molar-refractivity contribution in [3.8, 4) is 0 Å². The van der Waals surface area contributed by atoms with Crippen molar-refractivity contribution < 1.29 is 0 Å². The summed E-state index contributed by atoms with van der Waals surface area (Å²) in [5.41, 5.74) is 8.67. The molecule has 1 aromatic rings. The van der Waals surface area contributed by atoms with E-state index >= 15 is 0 Å². The molecule has 4 heteroatoms. The van der Waals surface area contributed by atoms with Gasteiger partial charge in [-0.3, -0.25) is 0 Å². The molecule has 3 rings (SSSR count). The van der Waals surface area contributed by atoms with Gasteiger partial charge in [0.2, 0.25) is 0 Å². The summed E-state index contributed by atoms with van der Waals surface area (Å²) in [5.74, 6) is 0. The summed E-state index contributed by atoms with van der Waals surface area (Å²) in [6.07, 6.45) is 7.38. The molecule has 1 aliphatic carbocycles. The molecule has 4 N–H and O–H groups in total. The average Bonchev–Trinajstić information content (AvgIpc) is 2.72. The van der Waals surface area contributed by atoms with Crippen molar-refractivity contribution in [2.24, 2.45) is 5.73 Å². The number of aromatic nitrogens is 2. The van der Waals surface area contributed by atoms with Crippen LogP contribution in [0.4, 0.5) is 0 Å². The summed E-state index contributed by atoms with van der Waals surface area (Å²) < 4.78 is 0. The van der Waals surface area contributed by atoms with Crippen molar-refractivity contribution in [3.63, 3.8) is 0 Å². The molecule has 0 amide bonds. The molecule has 1 saturated carbocycles. The summed E-state index contributed by atoms with van der Waals surface area (Å²) in [6, 6.07) is 0.391. The molecule has 1 aliphatic heterocycles. The van der Waals surface area contributed by atoms with Gasteiger partial charge in [0.15, 0.2) is 0 Å². The van der Waals surface area contributed by atoms with Crippen LogP contribution in [0.2, 0.25) is 0 Å². The third kappa shape index (κ3) is 1.40. The van der Waals surface area contributed by atoms with Gasteiger partial charge in [0.25, 0.3) is 0 Å². The van der Waals surface area contributed by atoms with Gasteiger partial charge in [-0.25, -0.2) is 4.98 Å². The minimum atomic E-state index is 0.128. The summed E-state index contributed by atoms with van der Waals surface area (Å²) in [6.45, 7) is 1.06. The lowest BCUT2D eigenvalue weighted by Crippen LogP contribution is -2.51. The Morgan fingerprint density at radius 1 is 1.40 bits per heavy atom. The molecule has 15 heavy (non-hydrogen) atoms. The number of rotatable bonds is 0. The van der Waals surface area contributed by atoms with Crippen LogP contribution >= 0.6 is 0 Å². The summed E-state index contributed by atoms with van der Waals surface area (Å²) in [7, 11) is 0. The number of nitrogens with zero attached hydrogens (tertiary/aromatic N) is 1. The Morgan fingerprint density at radius 2 is 2.20 bits per heavy atom. The van der Waals surface area contributed by atoms with Crippen LogP contribution in [0.15, 0.2) is 6.33 Å². The SMILES string of the molecule is NC1CCC2(CC1)NCCc1[nH]cnc12. The summed E-state index contributed by atoms with van der Waals surface area (Å²) in [5, 5.41) is 3.66. The molecule has 0 radical (unpaired) electrons. The second-order valence-electron chi connectivity index (χ2n) is 4.83. The lowest BCUT2D eigenvalue weighted by molar-refractivity contribution is 0.202. The fraction of sp³-hybridized carbons (Fsp3) is 0.727. The molecule has 4 nitrogen and oxygen atoms in total. The van der Waals surface area contributed by atoms with E-state index in [0.717, 1.165) is 38.6 Å². The molecule has 0 atom stereocenters. The van der Waals surface area contributed by atoms with Gasteiger partial charge in [0.1, 0.15) is 0 Å². The van der Waals surface area contributed by atoms with Crippen LogP contribution in [0.5, 0.6) is 0 Å². The molecule has 0 unspecified atom stereocenters. The number of aromatic amines is 1. The lowest BCUT2D eigenvalue weighted by atomic mass is 9.75. The van der Waals surface area contributed by atoms with Crippen molar-refractivity contribution in [1.82, 2.24) is 15.3 Å². The molecular weight excluding hydrogens is 188 g/mol. The molecule has 2 heterocycles. The zero-order valence-electron chi connectivity index (χ0n) is 8.92. The molecule has 0 saturated heterocycles. The molecule has 1 fully saturated rings. The largest absolute Gasteiger partial charge is 0.348 e. The fourth-order valence-electron chi connectivity index (χ4n) is 2.98. The van der Waals surface area contributed by atoms with E-state index < -0.39 is 0 Å². The predicted molar refractivity (Wildman–Crippen MR) is 58.4 cm³/mol. The number of nitrogens with one attached hydrogen (secondary N) is 2. The second-order valence-corrected chi connectivity index (χ2v) is 4.83. The number of fused-ring (bicyclic) bond motifs is 2. The summed E-state index contributed by atoms with van der Waals surface area (Å²) in [4.78, 5) is 7.76. The van der Waals surface area contributed by atoms with E-state index in [1.807, 2.05) is 6.33 Å². The second kappa shape index (κ2) is 3.32. The van der Waals surface area contributed by atoms with E-state index in [1.54, 1.807) is 0 Å². The zero-order valence-corrected chi connectivity index (χ0v) is 8.92. The standard InChI is InChI=1S/C11H18N4/c12-8-1-4-11(5-2-8)10-9(3-6-15-11)13-7-14-10/h7-8,15H,1-6,12H2,(H,13,14). The van der Waals surface area contributed by atoms with Crippen LogP contribution in [0.1, 0.15) is 37.1 Å². The molecule has 82 valence electrons. The first-order chi connectivity index (χ1) is 7.30. The summed E-state index contributed by atoms with van der Waals surface area (Å²) >= 11 is 0. The maximum atomic E-state index is 5.96. The lowest BCUT2D eigenvalue weighted by Gasteiger charge is -2.42. The van der Waals surface area contributed by atoms with Crippen LogP contribution < -0.4 is 11.1 Å². The van der Waals surface area contributed by atoms with Crippen LogP contribution in [-0.4, -0.2) is 22.6 Å². The van der Waals surface area contributed by atoms with Crippen LogP contribution in [0.25, 0.3) is 0 Å². The van der Waals surface area contributed by atoms with Crippen molar-refractivity contribution in [2.45, 2.75) is 43.7 Å². The molecular formula is C11H18N4. The number of imidazole rings is 1. The van der Waals surface area contributed by atoms with Crippen LogP contribution in [-0.2, 0) is 12.0 Å². The Balaban J connectivity index is 1.94. The number of H-pyrrole nitrogens is 1. The number of hydrogen-bond acceptors (Lipinski definition) is 3. The highest BCUT2D eigenvalue weighted by molar-refractivity contribution is 5.26. The highest BCUT2D eigenvalue weighted by Gasteiger charge is 2.40. The third-order valence-corrected chi connectivity index (χ3v) is 3.89. The average molecular weight is 206 g/mol. The molecule has 0 bridgehead atoms. The van der Waals surface area contributed by atoms with E-state index in [-0.39, 0.29) is 5.54 Å². The molecule has 0 aromatic carbocycles. The monoisotopic (exact) mass is 206 g/mol. The molecule has 1 spiro atoms. The van der Waals surface area contributed by atoms with Gasteiger partial charge in [-0.05, 0) is 25.7 Å². The quantitative estimate of drug-likeness (QED) is 0.584. The van der Waals surface area contributed by atoms with Crippen molar-refractivity contribution in [2.75, 3.05) is 6.54 Å². The fourth-order valence-corrected chi connectivity index (χ4v) is 2.98. The Bertz CT molecular complexity index is 349. The first-order valence-corrected chi connectivity index (χ1v) is 5.83. The Hall–Kier alpha value is -0.870. The topological polar surface area (TPSA) is 66.7 Å². The van der Waals surface area contributed by atoms with Crippen LogP contribution in [0.3, 0.4) is 0 Å². The van der Waals surface area contributed by atoms with Crippen molar-refractivity contribution >= 4 is 0 Å². The third-order valence-electron chi connectivity index (χ3n) is 3.89. The van der Waals surface area contributed by atoms with E-state index in [0.29, 0.717) is 6.04 Å². The minimum Gasteiger partial charge on any atom is -0.348 e. The maximum Gasteiger partial charge on any atom is 0.0926 e. The van der Waals surface area contributed by atoms with E-state index in [2.05, 4.69) is 15.3 Å². The van der Waals surface area contributed by atoms with Gasteiger partial charge in [0, 0.05) is 24.7 Å². The molecule has 2 aliphatic rings. The van der Waals surface area contributed by atoms with Gasteiger partial charge < -0.3 is 16.0 Å². The van der Waals surface area contributed by atoms with Crippen molar-refractivity contribution in [3.05, 3.63) is 17.7 Å². The van der Waals surface area contributed by atoms with Crippen LogP contribution in [0, 0.1) is 0 Å².